The number of hydrogen-bond acceptors (Lipinski definition) is 5. The molecule has 0 spiro atoms. The summed E-state index contributed by atoms with van der Waals surface area (Å²) in [6.45, 7) is 3.38. The summed E-state index contributed by atoms with van der Waals surface area (Å²) in [5, 5.41) is 1.91. The average Bonchev–Trinajstić information content (AvgIpc) is 3.09. The van der Waals surface area contributed by atoms with Crippen LogP contribution in [0.1, 0.15) is 16.1 Å². The molecule has 0 N–H and O–H groups in total. The maximum atomic E-state index is 12.2. The second kappa shape index (κ2) is 5.30. The first-order chi connectivity index (χ1) is 9.25. The molecule has 1 amide bonds. The van der Waals surface area contributed by atoms with E-state index in [2.05, 4.69) is 4.90 Å². The maximum absolute atomic E-state index is 12.2. The second-order valence-corrected chi connectivity index (χ2v) is 5.73. The molecule has 1 aromatic heterocycles. The van der Waals surface area contributed by atoms with Gasteiger partial charge in [0.25, 0.3) is 5.91 Å². The lowest BCUT2D eigenvalue weighted by Gasteiger charge is -2.36. The van der Waals surface area contributed by atoms with Crippen LogP contribution in [0.2, 0.25) is 0 Å². The number of cyclic esters (lactones) is 1. The Morgan fingerprint density at radius 3 is 2.68 bits per heavy atom. The summed E-state index contributed by atoms with van der Waals surface area (Å²) in [5.41, 5.74) is 0. The van der Waals surface area contributed by atoms with E-state index >= 15 is 0 Å². The molecule has 5 nitrogen and oxygen atoms in total. The number of amides is 1. The first-order valence-corrected chi connectivity index (χ1v) is 7.37. The number of thiophene rings is 1. The molecule has 19 heavy (non-hydrogen) atoms. The quantitative estimate of drug-likeness (QED) is 0.753. The highest BCUT2D eigenvalue weighted by atomic mass is 32.1. The van der Waals surface area contributed by atoms with Gasteiger partial charge in [0.15, 0.2) is 0 Å². The van der Waals surface area contributed by atoms with E-state index in [1.807, 2.05) is 22.4 Å². The maximum Gasteiger partial charge on any atom is 0.323 e. The van der Waals surface area contributed by atoms with Crippen LogP contribution in [0.3, 0.4) is 0 Å². The fraction of sp³-hybridized carbons (Fsp3) is 0.538. The summed E-state index contributed by atoms with van der Waals surface area (Å²) >= 11 is 1.47. The van der Waals surface area contributed by atoms with Crippen LogP contribution in [-0.4, -0.2) is 60.5 Å². The number of rotatable bonds is 2. The van der Waals surface area contributed by atoms with Crippen LogP contribution in [0.15, 0.2) is 17.5 Å². The monoisotopic (exact) mass is 280 g/mol. The molecule has 2 aliphatic rings. The highest BCUT2D eigenvalue weighted by Crippen LogP contribution is 2.18. The molecule has 3 heterocycles. The van der Waals surface area contributed by atoms with Crippen molar-refractivity contribution in [3.05, 3.63) is 22.4 Å². The van der Waals surface area contributed by atoms with E-state index in [0.717, 1.165) is 24.4 Å². The molecular formula is C13H16N2O3S. The molecule has 0 unspecified atom stereocenters. The Hall–Kier alpha value is -1.40. The van der Waals surface area contributed by atoms with Gasteiger partial charge >= 0.3 is 5.97 Å². The molecule has 1 aromatic rings. The van der Waals surface area contributed by atoms with E-state index in [1.54, 1.807) is 0 Å². The molecule has 2 fully saturated rings. The van der Waals surface area contributed by atoms with Gasteiger partial charge in [0.2, 0.25) is 0 Å². The largest absolute Gasteiger partial charge is 0.464 e. The van der Waals surface area contributed by atoms with Gasteiger partial charge in [-0.3, -0.25) is 14.5 Å². The molecule has 2 saturated heterocycles. The zero-order valence-electron chi connectivity index (χ0n) is 10.6. The van der Waals surface area contributed by atoms with Crippen molar-refractivity contribution in [2.75, 3.05) is 32.8 Å². The van der Waals surface area contributed by atoms with Crippen LogP contribution < -0.4 is 0 Å². The van der Waals surface area contributed by atoms with Crippen LogP contribution in [-0.2, 0) is 9.53 Å². The Balaban J connectivity index is 1.57. The minimum absolute atomic E-state index is 0.0982. The van der Waals surface area contributed by atoms with Gasteiger partial charge in [-0.05, 0) is 11.4 Å². The third-order valence-electron chi connectivity index (χ3n) is 3.68. The molecule has 1 atom stereocenters. The number of nitrogens with zero attached hydrogens (tertiary/aromatic N) is 2. The average molecular weight is 280 g/mol. The van der Waals surface area contributed by atoms with E-state index < -0.39 is 0 Å². The van der Waals surface area contributed by atoms with Crippen molar-refractivity contribution in [2.24, 2.45) is 0 Å². The van der Waals surface area contributed by atoms with E-state index in [-0.39, 0.29) is 17.9 Å². The SMILES string of the molecule is O=C1OCC[C@@H]1N1CCN(C(=O)c2cccs2)CC1. The molecule has 0 saturated carbocycles. The van der Waals surface area contributed by atoms with Gasteiger partial charge in [-0.15, -0.1) is 11.3 Å². The highest BCUT2D eigenvalue weighted by molar-refractivity contribution is 7.12. The first-order valence-electron chi connectivity index (χ1n) is 6.49. The number of hydrogen-bond donors (Lipinski definition) is 0. The lowest BCUT2D eigenvalue weighted by molar-refractivity contribution is -0.142. The smallest absolute Gasteiger partial charge is 0.323 e. The topological polar surface area (TPSA) is 49.9 Å². The molecule has 2 aliphatic heterocycles. The minimum Gasteiger partial charge on any atom is -0.464 e. The third-order valence-corrected chi connectivity index (χ3v) is 4.54. The van der Waals surface area contributed by atoms with Crippen molar-refractivity contribution in [1.29, 1.82) is 0 Å². The van der Waals surface area contributed by atoms with Crippen molar-refractivity contribution in [2.45, 2.75) is 12.5 Å². The van der Waals surface area contributed by atoms with Crippen LogP contribution in [0.25, 0.3) is 0 Å². The number of esters is 1. The second-order valence-electron chi connectivity index (χ2n) is 4.78. The molecule has 102 valence electrons. The first kappa shape index (κ1) is 12.6. The molecule has 0 aliphatic carbocycles. The Morgan fingerprint density at radius 1 is 1.32 bits per heavy atom. The number of carbonyl (C=O) groups excluding carboxylic acids is 2. The fourth-order valence-electron chi connectivity index (χ4n) is 2.61. The summed E-state index contributed by atoms with van der Waals surface area (Å²) in [4.78, 5) is 28.5. The lowest BCUT2D eigenvalue weighted by Crippen LogP contribution is -2.52. The van der Waals surface area contributed by atoms with Crippen LogP contribution in [0.4, 0.5) is 0 Å². The van der Waals surface area contributed by atoms with Gasteiger partial charge in [0, 0.05) is 32.6 Å². The molecule has 0 aromatic carbocycles. The van der Waals surface area contributed by atoms with E-state index in [4.69, 9.17) is 4.74 Å². The van der Waals surface area contributed by atoms with E-state index in [1.165, 1.54) is 11.3 Å². The summed E-state index contributed by atoms with van der Waals surface area (Å²) in [7, 11) is 0. The third kappa shape index (κ3) is 2.50. The Morgan fingerprint density at radius 2 is 2.11 bits per heavy atom. The number of carbonyl (C=O) groups is 2. The zero-order valence-corrected chi connectivity index (χ0v) is 11.4. The number of ether oxygens (including phenoxy) is 1. The zero-order chi connectivity index (χ0) is 13.2. The Kier molecular flexibility index (Phi) is 3.52. The standard InChI is InChI=1S/C13H16N2O3S/c16-12(11-2-1-9-19-11)15-6-4-14(5-7-15)10-3-8-18-13(10)17/h1-2,9-10H,3-8H2/t10-/m0/s1. The molecular weight excluding hydrogens is 264 g/mol. The summed E-state index contributed by atoms with van der Waals surface area (Å²) in [6.07, 6.45) is 0.776. The lowest BCUT2D eigenvalue weighted by atomic mass is 10.2. The summed E-state index contributed by atoms with van der Waals surface area (Å²) in [6, 6.07) is 3.65. The van der Waals surface area contributed by atoms with Crippen molar-refractivity contribution in [3.8, 4) is 0 Å². The van der Waals surface area contributed by atoms with Gasteiger partial charge in [0.1, 0.15) is 6.04 Å². The van der Waals surface area contributed by atoms with Crippen LogP contribution in [0.5, 0.6) is 0 Å². The normalized spacial score (nSPS) is 24.5. The van der Waals surface area contributed by atoms with E-state index in [9.17, 15) is 9.59 Å². The minimum atomic E-state index is -0.113. The van der Waals surface area contributed by atoms with Crippen molar-refractivity contribution < 1.29 is 14.3 Å². The van der Waals surface area contributed by atoms with Crippen molar-refractivity contribution in [3.63, 3.8) is 0 Å². The molecule has 0 bridgehead atoms. The van der Waals surface area contributed by atoms with Gasteiger partial charge in [-0.2, -0.15) is 0 Å². The van der Waals surface area contributed by atoms with Gasteiger partial charge in [-0.1, -0.05) is 6.07 Å². The van der Waals surface area contributed by atoms with Crippen molar-refractivity contribution >= 4 is 23.2 Å². The number of piperazine rings is 1. The highest BCUT2D eigenvalue weighted by Gasteiger charge is 2.34. The molecule has 6 heteroatoms. The summed E-state index contributed by atoms with van der Waals surface area (Å²) in [5.74, 6) is -0.0123. The van der Waals surface area contributed by atoms with E-state index in [0.29, 0.717) is 19.7 Å². The Labute approximate surface area is 115 Å². The predicted octanol–water partition coefficient (Wildman–Crippen LogP) is 0.821. The Bertz CT molecular complexity index is 466. The molecule has 3 rings (SSSR count). The summed E-state index contributed by atoms with van der Waals surface area (Å²) < 4.78 is 4.99. The predicted molar refractivity (Wildman–Crippen MR) is 71.2 cm³/mol. The van der Waals surface area contributed by atoms with Gasteiger partial charge < -0.3 is 9.64 Å². The van der Waals surface area contributed by atoms with Gasteiger partial charge in [0.05, 0.1) is 11.5 Å². The fourth-order valence-corrected chi connectivity index (χ4v) is 3.30. The van der Waals surface area contributed by atoms with Crippen LogP contribution >= 0.6 is 11.3 Å². The van der Waals surface area contributed by atoms with Crippen molar-refractivity contribution in [1.82, 2.24) is 9.80 Å². The molecule has 0 radical (unpaired) electrons. The van der Waals surface area contributed by atoms with Crippen LogP contribution in [0, 0.1) is 0 Å². The van der Waals surface area contributed by atoms with Gasteiger partial charge in [-0.25, -0.2) is 0 Å².